The van der Waals surface area contributed by atoms with E-state index < -0.39 is 5.97 Å². The molecule has 0 spiro atoms. The Morgan fingerprint density at radius 1 is 1.22 bits per heavy atom. The third kappa shape index (κ3) is 2.02. The van der Waals surface area contributed by atoms with Gasteiger partial charge in [-0.1, -0.05) is 11.6 Å². The van der Waals surface area contributed by atoms with Crippen LogP contribution in [-0.4, -0.2) is 15.6 Å². The highest BCUT2D eigenvalue weighted by Gasteiger charge is 2.12. The summed E-state index contributed by atoms with van der Waals surface area (Å²) in [7, 11) is 0. The minimum absolute atomic E-state index is 0.296. The number of halogens is 1. The van der Waals surface area contributed by atoms with Crippen LogP contribution in [0, 0.1) is 20.8 Å². The van der Waals surface area contributed by atoms with E-state index in [4.69, 9.17) is 16.7 Å². The van der Waals surface area contributed by atoms with Gasteiger partial charge in [-0.2, -0.15) is 0 Å². The molecule has 0 aliphatic rings. The quantitative estimate of drug-likeness (QED) is 0.897. The van der Waals surface area contributed by atoms with Crippen LogP contribution in [0.25, 0.3) is 5.69 Å². The predicted molar refractivity (Wildman–Crippen MR) is 71.9 cm³/mol. The summed E-state index contributed by atoms with van der Waals surface area (Å²) in [5, 5.41) is 9.67. The fourth-order valence-corrected chi connectivity index (χ4v) is 2.38. The Bertz CT molecular complexity index is 629. The van der Waals surface area contributed by atoms with Crippen molar-refractivity contribution in [2.75, 3.05) is 0 Å². The molecule has 0 aliphatic heterocycles. The minimum Gasteiger partial charge on any atom is -0.478 e. The van der Waals surface area contributed by atoms with Gasteiger partial charge in [0.05, 0.1) is 10.6 Å². The average molecular weight is 264 g/mol. The second-order valence-electron chi connectivity index (χ2n) is 4.36. The molecule has 94 valence electrons. The van der Waals surface area contributed by atoms with Crippen LogP contribution >= 0.6 is 11.6 Å². The summed E-state index contributed by atoms with van der Waals surface area (Å²) in [6.07, 6.45) is 0. The zero-order valence-corrected chi connectivity index (χ0v) is 11.2. The average Bonchev–Trinajstić information content (AvgIpc) is 2.54. The Labute approximate surface area is 111 Å². The Kier molecular flexibility index (Phi) is 3.18. The van der Waals surface area contributed by atoms with Crippen LogP contribution in [0.1, 0.15) is 27.3 Å². The van der Waals surface area contributed by atoms with Crippen molar-refractivity contribution in [3.05, 3.63) is 51.8 Å². The number of hydrogen-bond donors (Lipinski definition) is 1. The number of aromatic nitrogens is 1. The highest BCUT2D eigenvalue weighted by atomic mass is 35.5. The molecule has 0 amide bonds. The summed E-state index contributed by atoms with van der Waals surface area (Å²) in [5.41, 5.74) is 4.16. The van der Waals surface area contributed by atoms with E-state index in [-0.39, 0.29) is 0 Å². The molecule has 2 aromatic rings. The van der Waals surface area contributed by atoms with Crippen LogP contribution in [0.2, 0.25) is 5.02 Å². The first-order valence-electron chi connectivity index (χ1n) is 5.60. The predicted octanol–water partition coefficient (Wildman–Crippen LogP) is 3.75. The molecule has 0 aliphatic carbocycles. The number of benzene rings is 1. The van der Waals surface area contributed by atoms with Gasteiger partial charge in [-0.15, -0.1) is 0 Å². The van der Waals surface area contributed by atoms with E-state index in [0.29, 0.717) is 10.6 Å². The Hall–Kier alpha value is -1.74. The van der Waals surface area contributed by atoms with Crippen molar-refractivity contribution in [1.82, 2.24) is 4.57 Å². The molecule has 0 saturated heterocycles. The van der Waals surface area contributed by atoms with Gasteiger partial charge in [0.2, 0.25) is 0 Å². The summed E-state index contributed by atoms with van der Waals surface area (Å²) in [6.45, 7) is 5.82. The standard InChI is InChI=1S/C14H14ClNO2/c1-8-6-11(14(17)18)4-5-13(8)16-9(2)7-12(15)10(16)3/h4-7H,1-3H3,(H,17,18). The molecule has 0 bridgehead atoms. The molecule has 1 aromatic carbocycles. The number of aryl methyl sites for hydroxylation is 2. The molecule has 1 aromatic heterocycles. The first-order chi connectivity index (χ1) is 8.41. The molecule has 0 fully saturated rings. The van der Waals surface area contributed by atoms with Crippen molar-refractivity contribution in [1.29, 1.82) is 0 Å². The van der Waals surface area contributed by atoms with Gasteiger partial charge in [0.25, 0.3) is 0 Å². The second-order valence-corrected chi connectivity index (χ2v) is 4.77. The maximum atomic E-state index is 10.9. The van der Waals surface area contributed by atoms with E-state index in [0.717, 1.165) is 22.6 Å². The number of carbonyl (C=O) groups is 1. The van der Waals surface area contributed by atoms with Gasteiger partial charge in [0, 0.05) is 17.1 Å². The number of rotatable bonds is 2. The lowest BCUT2D eigenvalue weighted by Gasteiger charge is -2.13. The Morgan fingerprint density at radius 2 is 1.89 bits per heavy atom. The zero-order chi connectivity index (χ0) is 13.4. The smallest absolute Gasteiger partial charge is 0.335 e. The third-order valence-electron chi connectivity index (χ3n) is 3.05. The van der Waals surface area contributed by atoms with E-state index >= 15 is 0 Å². The maximum Gasteiger partial charge on any atom is 0.335 e. The van der Waals surface area contributed by atoms with E-state index in [1.54, 1.807) is 12.1 Å². The first-order valence-corrected chi connectivity index (χ1v) is 5.98. The van der Waals surface area contributed by atoms with Crippen LogP contribution in [0.15, 0.2) is 24.3 Å². The largest absolute Gasteiger partial charge is 0.478 e. The minimum atomic E-state index is -0.913. The summed E-state index contributed by atoms with van der Waals surface area (Å²) >= 11 is 6.10. The fraction of sp³-hybridized carbons (Fsp3) is 0.214. The molecule has 0 saturated carbocycles. The van der Waals surface area contributed by atoms with Crippen LogP contribution in [0.5, 0.6) is 0 Å². The van der Waals surface area contributed by atoms with Gasteiger partial charge in [0.1, 0.15) is 0 Å². The number of carboxylic acids is 1. The highest BCUT2D eigenvalue weighted by Crippen LogP contribution is 2.26. The van der Waals surface area contributed by atoms with Gasteiger partial charge in [0.15, 0.2) is 0 Å². The van der Waals surface area contributed by atoms with Crippen molar-refractivity contribution >= 4 is 17.6 Å². The van der Waals surface area contributed by atoms with Crippen LogP contribution in [0.3, 0.4) is 0 Å². The topological polar surface area (TPSA) is 42.2 Å². The molecule has 18 heavy (non-hydrogen) atoms. The van der Waals surface area contributed by atoms with Gasteiger partial charge in [-0.3, -0.25) is 0 Å². The lowest BCUT2D eigenvalue weighted by atomic mass is 10.1. The monoisotopic (exact) mass is 263 g/mol. The number of carboxylic acid groups (broad SMARTS) is 1. The normalized spacial score (nSPS) is 10.7. The zero-order valence-electron chi connectivity index (χ0n) is 10.5. The molecule has 0 unspecified atom stereocenters. The second kappa shape index (κ2) is 4.50. The lowest BCUT2D eigenvalue weighted by molar-refractivity contribution is 0.0697. The molecule has 2 rings (SSSR count). The Balaban J connectivity index is 2.62. The number of aromatic carboxylic acids is 1. The summed E-state index contributed by atoms with van der Waals surface area (Å²) in [6, 6.07) is 7.00. The van der Waals surface area contributed by atoms with Gasteiger partial charge in [-0.25, -0.2) is 4.79 Å². The molecule has 4 heteroatoms. The van der Waals surface area contributed by atoms with Gasteiger partial charge < -0.3 is 9.67 Å². The SMILES string of the molecule is Cc1cc(C(=O)O)ccc1-n1c(C)cc(Cl)c1C. The number of nitrogens with zero attached hydrogens (tertiary/aromatic N) is 1. The van der Waals surface area contributed by atoms with Crippen LogP contribution < -0.4 is 0 Å². The number of hydrogen-bond acceptors (Lipinski definition) is 1. The van der Waals surface area contributed by atoms with E-state index in [2.05, 4.69) is 0 Å². The molecule has 1 heterocycles. The maximum absolute atomic E-state index is 10.9. The van der Waals surface area contributed by atoms with Crippen molar-refractivity contribution in [3.63, 3.8) is 0 Å². The first kappa shape index (κ1) is 12.7. The lowest BCUT2D eigenvalue weighted by Crippen LogP contribution is -2.04. The third-order valence-corrected chi connectivity index (χ3v) is 3.44. The molecule has 3 nitrogen and oxygen atoms in total. The van der Waals surface area contributed by atoms with Gasteiger partial charge in [-0.05, 0) is 50.6 Å². The molecule has 0 atom stereocenters. The molecule has 1 N–H and O–H groups in total. The van der Waals surface area contributed by atoms with E-state index in [9.17, 15) is 4.79 Å². The van der Waals surface area contributed by atoms with Crippen LogP contribution in [-0.2, 0) is 0 Å². The van der Waals surface area contributed by atoms with Crippen molar-refractivity contribution in [2.45, 2.75) is 20.8 Å². The van der Waals surface area contributed by atoms with E-state index in [1.807, 2.05) is 37.5 Å². The van der Waals surface area contributed by atoms with Crippen molar-refractivity contribution in [3.8, 4) is 5.69 Å². The molecular formula is C14H14ClNO2. The van der Waals surface area contributed by atoms with Crippen molar-refractivity contribution in [2.24, 2.45) is 0 Å². The van der Waals surface area contributed by atoms with Gasteiger partial charge >= 0.3 is 5.97 Å². The highest BCUT2D eigenvalue weighted by molar-refractivity contribution is 6.31. The fourth-order valence-electron chi connectivity index (χ4n) is 2.13. The molecular weight excluding hydrogens is 250 g/mol. The van der Waals surface area contributed by atoms with Crippen molar-refractivity contribution < 1.29 is 9.90 Å². The Morgan fingerprint density at radius 3 is 2.33 bits per heavy atom. The summed E-state index contributed by atoms with van der Waals surface area (Å²) < 4.78 is 2.03. The summed E-state index contributed by atoms with van der Waals surface area (Å²) in [5.74, 6) is -0.913. The molecule has 0 radical (unpaired) electrons. The summed E-state index contributed by atoms with van der Waals surface area (Å²) in [4.78, 5) is 10.9. The van der Waals surface area contributed by atoms with E-state index in [1.165, 1.54) is 0 Å². The van der Waals surface area contributed by atoms with Crippen LogP contribution in [0.4, 0.5) is 0 Å².